The molecule has 1 unspecified atom stereocenters. The highest BCUT2D eigenvalue weighted by Gasteiger charge is 2.22. The molecular weight excluding hydrogens is 759 g/mol. The molecule has 0 spiro atoms. The predicted octanol–water partition coefficient (Wildman–Crippen LogP) is 10.8. The Hall–Kier alpha value is -6.46. The van der Waals surface area contributed by atoms with Crippen molar-refractivity contribution in [1.82, 2.24) is 79.7 Å². The van der Waals surface area contributed by atoms with Gasteiger partial charge in [0.05, 0.1) is 37.7 Å². The molecule has 0 radical (unpaired) electrons. The third-order valence-electron chi connectivity index (χ3n) is 4.59. The number of hydrogen-bond donors (Lipinski definition) is 5. The van der Waals surface area contributed by atoms with E-state index in [1.54, 1.807) is 62.2 Å². The first kappa shape index (κ1) is 74.5. The quantitative estimate of drug-likeness (QED) is 0.0956. The van der Waals surface area contributed by atoms with E-state index < -0.39 is 0 Å². The van der Waals surface area contributed by atoms with Crippen LogP contribution in [0.5, 0.6) is 0 Å². The van der Waals surface area contributed by atoms with Crippen molar-refractivity contribution >= 4 is 22.9 Å². The summed E-state index contributed by atoms with van der Waals surface area (Å²) in [6.07, 6.45) is 25.9. The Bertz CT molecular complexity index is 1500. The molecule has 344 valence electrons. The minimum atomic E-state index is -0.108. The third kappa shape index (κ3) is 41.2. The summed E-state index contributed by atoms with van der Waals surface area (Å²) in [6, 6.07) is 1.78. The molecule has 8 heterocycles. The number of H-pyrrole nitrogens is 3. The highest BCUT2D eigenvalue weighted by molar-refractivity contribution is 5.98. The number of imidazole rings is 4. The normalized spacial score (nSPS) is 9.30. The smallest absolute Gasteiger partial charge is 0.273 e. The Morgan fingerprint density at radius 3 is 1.43 bits per heavy atom. The number of aryl methyl sites for hydroxylation is 1. The summed E-state index contributed by atoms with van der Waals surface area (Å²) in [7, 11) is 1.94. The fraction of sp³-hybridized carbons (Fsp3) is 0.476. The summed E-state index contributed by atoms with van der Waals surface area (Å²) in [5.74, 6) is 0.519. The Balaban J connectivity index is -0.0000000706. The molecule has 18 heteroatoms. The van der Waals surface area contributed by atoms with Crippen molar-refractivity contribution in [3.63, 3.8) is 0 Å². The maximum absolute atomic E-state index is 11.1. The molecule has 8 rings (SSSR count). The number of amides is 1. The van der Waals surface area contributed by atoms with E-state index in [-0.39, 0.29) is 49.2 Å². The summed E-state index contributed by atoms with van der Waals surface area (Å²) < 4.78 is 1.89. The van der Waals surface area contributed by atoms with Crippen LogP contribution in [0.2, 0.25) is 0 Å². The lowest BCUT2D eigenvalue weighted by Gasteiger charge is -2.20. The van der Waals surface area contributed by atoms with Crippen LogP contribution >= 0.6 is 0 Å². The number of anilines is 1. The molecule has 0 bridgehead atoms. The molecule has 5 N–H and O–H groups in total. The van der Waals surface area contributed by atoms with Gasteiger partial charge in [0.1, 0.15) is 42.8 Å². The van der Waals surface area contributed by atoms with Gasteiger partial charge in [-0.25, -0.2) is 54.8 Å². The van der Waals surface area contributed by atoms with E-state index in [9.17, 15) is 4.79 Å². The van der Waals surface area contributed by atoms with Gasteiger partial charge >= 0.3 is 0 Å². The number of aromatic amines is 3. The van der Waals surface area contributed by atoms with Crippen LogP contribution < -0.4 is 10.6 Å². The van der Waals surface area contributed by atoms with Crippen LogP contribution in [0, 0.1) is 0 Å². The van der Waals surface area contributed by atoms with E-state index in [1.165, 1.54) is 38.0 Å². The van der Waals surface area contributed by atoms with E-state index in [1.807, 2.05) is 108 Å². The third-order valence-corrected chi connectivity index (χ3v) is 4.59. The van der Waals surface area contributed by atoms with E-state index in [0.29, 0.717) is 17.2 Å². The molecule has 1 aliphatic rings. The Morgan fingerprint density at radius 2 is 1.08 bits per heavy atom. The van der Waals surface area contributed by atoms with Gasteiger partial charge in [-0.3, -0.25) is 4.79 Å². The summed E-state index contributed by atoms with van der Waals surface area (Å²) in [6.45, 7) is 25.9. The highest BCUT2D eigenvalue weighted by Crippen LogP contribution is 2.13. The molecular formula is C42H85N17O. The van der Waals surface area contributed by atoms with Gasteiger partial charge in [-0.1, -0.05) is 120 Å². The van der Waals surface area contributed by atoms with Gasteiger partial charge in [0.15, 0.2) is 11.5 Å². The van der Waals surface area contributed by atoms with Crippen molar-refractivity contribution in [3.05, 3.63) is 112 Å². The average Bonchev–Trinajstić information content (AvgIpc) is 4.15. The number of aromatic nitrogens is 15. The Labute approximate surface area is 364 Å². The van der Waals surface area contributed by atoms with E-state index in [2.05, 4.69) is 80.4 Å². The van der Waals surface area contributed by atoms with Crippen LogP contribution in [0.4, 0.5) is 5.82 Å². The SMILES string of the molecule is C.C.C.C.C.CC.CC.CC.CC.CC.CC.CC1NC(=O)c2[nH]cnc2N1.Cn1ccnc1.c1c[nH]cn1.c1cncnc1.c1ncc2[nH]cnc2n1.c1ncncn1. The fourth-order valence-corrected chi connectivity index (χ4v) is 2.78. The number of carbonyl (C=O) groups excluding carboxylic acids is 1. The minimum Gasteiger partial charge on any atom is -0.351 e. The maximum atomic E-state index is 11.1. The van der Waals surface area contributed by atoms with Crippen molar-refractivity contribution in [3.8, 4) is 0 Å². The van der Waals surface area contributed by atoms with Gasteiger partial charge in [-0.2, -0.15) is 0 Å². The van der Waals surface area contributed by atoms with Crippen molar-refractivity contribution < 1.29 is 4.79 Å². The maximum Gasteiger partial charge on any atom is 0.273 e. The molecule has 0 saturated carbocycles. The highest BCUT2D eigenvalue weighted by atomic mass is 16.2. The van der Waals surface area contributed by atoms with Crippen LogP contribution in [0.1, 0.15) is 138 Å². The molecule has 0 saturated heterocycles. The van der Waals surface area contributed by atoms with Gasteiger partial charge in [0.2, 0.25) is 0 Å². The van der Waals surface area contributed by atoms with Crippen LogP contribution in [-0.4, -0.2) is 86.4 Å². The van der Waals surface area contributed by atoms with Crippen molar-refractivity contribution in [2.24, 2.45) is 7.05 Å². The number of hydrogen-bond acceptors (Lipinski definition) is 13. The standard InChI is InChI=1S/C6H8N4O.C5H4N4.C4H6N2.C4H4N2.C3H3N3.C3H4N2.6C2H6.5CH4/c1-3-9-5-4(6(11)10-3)7-2-8-5;1-4-5(8-2-6-1)9-3-7-4;1-6-3-2-5-4-6;1-2-5-4-6-3-1;1-4-2-6-3-5-1;1-2-5-3-4-1;6*1-2;;;;;/h2-3,9H,1H3,(H,7,8)(H,10,11);1-3H,(H,6,7,8,9);2-4H,1H3;1-4H;1-3H;1-3H,(H,4,5);6*1-2H3;5*1H4. The predicted molar refractivity (Wildman–Crippen MR) is 256 cm³/mol. The number of carbonyl (C=O) groups is 1. The van der Waals surface area contributed by atoms with E-state index in [0.717, 1.165) is 5.52 Å². The van der Waals surface area contributed by atoms with Crippen LogP contribution in [-0.2, 0) is 7.05 Å². The Kier molecular flexibility index (Phi) is 76.7. The first-order chi connectivity index (χ1) is 27.1. The van der Waals surface area contributed by atoms with Crippen LogP contribution in [0.3, 0.4) is 0 Å². The molecule has 60 heavy (non-hydrogen) atoms. The molecule has 7 aromatic heterocycles. The van der Waals surface area contributed by atoms with Gasteiger partial charge in [-0.05, 0) is 13.0 Å². The summed E-state index contributed by atoms with van der Waals surface area (Å²) >= 11 is 0. The first-order valence-corrected chi connectivity index (χ1v) is 18.4. The summed E-state index contributed by atoms with van der Waals surface area (Å²) in [5, 5.41) is 5.70. The topological polar surface area (TPSA) is 235 Å². The molecule has 0 aromatic carbocycles. The minimum absolute atomic E-state index is 0. The average molecular weight is 844 g/mol. The van der Waals surface area contributed by atoms with Crippen LogP contribution in [0.25, 0.3) is 11.2 Å². The van der Waals surface area contributed by atoms with Crippen molar-refractivity contribution in [2.75, 3.05) is 5.32 Å². The Morgan fingerprint density at radius 1 is 0.550 bits per heavy atom. The zero-order valence-corrected chi connectivity index (χ0v) is 35.2. The number of nitrogens with zero attached hydrogens (tertiary/aromatic N) is 12. The molecule has 7 aromatic rings. The van der Waals surface area contributed by atoms with Gasteiger partial charge in [0, 0.05) is 44.2 Å². The molecule has 1 amide bonds. The summed E-state index contributed by atoms with van der Waals surface area (Å²) in [4.78, 5) is 60.5. The van der Waals surface area contributed by atoms with Crippen LogP contribution in [0.15, 0.2) is 106 Å². The zero-order valence-electron chi connectivity index (χ0n) is 35.2. The van der Waals surface area contributed by atoms with Gasteiger partial charge in [0.25, 0.3) is 5.91 Å². The van der Waals surface area contributed by atoms with Gasteiger partial charge < -0.3 is 30.2 Å². The lowest BCUT2D eigenvalue weighted by molar-refractivity contribution is 0.0934. The largest absolute Gasteiger partial charge is 0.351 e. The lowest BCUT2D eigenvalue weighted by atomic mass is 10.3. The monoisotopic (exact) mass is 844 g/mol. The fourth-order valence-electron chi connectivity index (χ4n) is 2.78. The van der Waals surface area contributed by atoms with Crippen molar-refractivity contribution in [1.29, 1.82) is 0 Å². The second-order valence-electron chi connectivity index (χ2n) is 7.81. The molecule has 1 aliphatic heterocycles. The molecule has 0 fully saturated rings. The number of rotatable bonds is 0. The second kappa shape index (κ2) is 61.8. The zero-order chi connectivity index (χ0) is 42.4. The number of fused-ring (bicyclic) bond motifs is 2. The molecule has 0 aliphatic carbocycles. The number of nitrogens with one attached hydrogen (secondary N) is 5. The first-order valence-electron chi connectivity index (χ1n) is 18.4. The second-order valence-corrected chi connectivity index (χ2v) is 7.81. The summed E-state index contributed by atoms with van der Waals surface area (Å²) in [5.41, 5.74) is 2.09. The molecule has 1 atom stereocenters. The molecule has 18 nitrogen and oxygen atoms in total. The van der Waals surface area contributed by atoms with E-state index in [4.69, 9.17) is 0 Å². The lowest BCUT2D eigenvalue weighted by Crippen LogP contribution is -2.42. The van der Waals surface area contributed by atoms with Crippen molar-refractivity contribution in [2.45, 2.75) is 133 Å². The van der Waals surface area contributed by atoms with E-state index >= 15 is 0 Å². The van der Waals surface area contributed by atoms with Gasteiger partial charge in [-0.15, -0.1) is 0 Å².